The summed E-state index contributed by atoms with van der Waals surface area (Å²) in [7, 11) is 1.73. The van der Waals surface area contributed by atoms with Gasteiger partial charge in [-0.25, -0.2) is 14.8 Å². The van der Waals surface area contributed by atoms with Crippen LogP contribution in [0.15, 0.2) is 35.1 Å². The molecule has 1 atom stereocenters. The van der Waals surface area contributed by atoms with E-state index in [0.717, 1.165) is 29.2 Å². The number of likely N-dealkylation sites (tertiary alicyclic amines) is 1. The Bertz CT molecular complexity index is 1140. The number of thiazole rings is 1. The fourth-order valence-electron chi connectivity index (χ4n) is 4.00. The van der Waals surface area contributed by atoms with Gasteiger partial charge in [-0.05, 0) is 32.3 Å². The first-order valence-electron chi connectivity index (χ1n) is 10.3. The zero-order chi connectivity index (χ0) is 21.5. The summed E-state index contributed by atoms with van der Waals surface area (Å²) in [6.45, 7) is 6.65. The molecule has 1 unspecified atom stereocenters. The standard InChI is InChI=1S/C22H27N5O2S/c1-5-16-23-19-17(20(28)26(16)4)24-18(30-19)15-12-9-13-27(15)21(29)25-22(2,3)14-10-7-6-8-11-14/h6-8,10-11,15H,5,9,12-13H2,1-4H3,(H,25,29). The Morgan fingerprint density at radius 3 is 2.70 bits per heavy atom. The van der Waals surface area contributed by atoms with Crippen molar-refractivity contribution in [2.24, 2.45) is 7.05 Å². The molecule has 158 valence electrons. The SMILES string of the molecule is CCc1nc2sc(C3CCCN3C(=O)NC(C)(C)c3ccccc3)nc2c(=O)n1C. The van der Waals surface area contributed by atoms with Crippen molar-refractivity contribution in [3.8, 4) is 0 Å². The predicted molar refractivity (Wildman–Crippen MR) is 119 cm³/mol. The Morgan fingerprint density at radius 1 is 1.27 bits per heavy atom. The monoisotopic (exact) mass is 425 g/mol. The molecule has 1 fully saturated rings. The maximum Gasteiger partial charge on any atom is 0.318 e. The van der Waals surface area contributed by atoms with Gasteiger partial charge in [0.25, 0.3) is 5.56 Å². The van der Waals surface area contributed by atoms with Crippen molar-refractivity contribution < 1.29 is 4.79 Å². The minimum atomic E-state index is -0.493. The molecule has 1 aliphatic rings. The van der Waals surface area contributed by atoms with E-state index in [1.807, 2.05) is 56.0 Å². The van der Waals surface area contributed by atoms with Gasteiger partial charge in [-0.15, -0.1) is 0 Å². The summed E-state index contributed by atoms with van der Waals surface area (Å²) in [5.74, 6) is 0.744. The van der Waals surface area contributed by atoms with Crippen molar-refractivity contribution >= 4 is 27.7 Å². The second-order valence-electron chi connectivity index (χ2n) is 8.22. The van der Waals surface area contributed by atoms with Crippen LogP contribution in [0.2, 0.25) is 0 Å². The number of carbonyl (C=O) groups is 1. The smallest absolute Gasteiger partial charge is 0.318 e. The Labute approximate surface area is 179 Å². The van der Waals surface area contributed by atoms with Gasteiger partial charge in [-0.1, -0.05) is 48.6 Å². The number of aryl methyl sites for hydroxylation is 1. The van der Waals surface area contributed by atoms with Crippen LogP contribution in [0.5, 0.6) is 0 Å². The number of hydrogen-bond donors (Lipinski definition) is 1. The predicted octanol–water partition coefficient (Wildman–Crippen LogP) is 3.73. The molecule has 2 aromatic heterocycles. The van der Waals surface area contributed by atoms with Gasteiger partial charge < -0.3 is 10.2 Å². The minimum Gasteiger partial charge on any atom is -0.329 e. The van der Waals surface area contributed by atoms with Crippen molar-refractivity contribution in [1.29, 1.82) is 0 Å². The molecule has 1 aliphatic heterocycles. The third-order valence-corrected chi connectivity index (χ3v) is 6.83. The fourth-order valence-corrected chi connectivity index (χ4v) is 5.10. The summed E-state index contributed by atoms with van der Waals surface area (Å²) in [4.78, 5) is 37.6. The normalized spacial score (nSPS) is 16.9. The van der Waals surface area contributed by atoms with Crippen LogP contribution in [-0.2, 0) is 19.0 Å². The highest BCUT2D eigenvalue weighted by atomic mass is 32.1. The van der Waals surface area contributed by atoms with Gasteiger partial charge in [0.1, 0.15) is 10.8 Å². The summed E-state index contributed by atoms with van der Waals surface area (Å²) in [6.07, 6.45) is 2.42. The molecule has 0 radical (unpaired) electrons. The van der Waals surface area contributed by atoms with Gasteiger partial charge in [0.05, 0.1) is 11.6 Å². The zero-order valence-corrected chi connectivity index (χ0v) is 18.6. The molecule has 0 bridgehead atoms. The summed E-state index contributed by atoms with van der Waals surface area (Å²) in [5, 5.41) is 3.95. The number of fused-ring (bicyclic) bond motifs is 1. The first-order valence-corrected chi connectivity index (χ1v) is 11.1. The van der Waals surface area contributed by atoms with E-state index in [0.29, 0.717) is 23.3 Å². The van der Waals surface area contributed by atoms with Crippen molar-refractivity contribution in [3.63, 3.8) is 0 Å². The molecule has 1 aromatic carbocycles. The van der Waals surface area contributed by atoms with E-state index in [9.17, 15) is 9.59 Å². The van der Waals surface area contributed by atoms with Crippen LogP contribution in [0.25, 0.3) is 10.3 Å². The highest BCUT2D eigenvalue weighted by Gasteiger charge is 2.35. The summed E-state index contributed by atoms with van der Waals surface area (Å²) in [5.41, 5.74) is 0.825. The van der Waals surface area contributed by atoms with Crippen molar-refractivity contribution in [2.45, 2.75) is 51.6 Å². The molecule has 0 spiro atoms. The summed E-state index contributed by atoms with van der Waals surface area (Å²) < 4.78 is 1.56. The van der Waals surface area contributed by atoms with Gasteiger partial charge in [-0.2, -0.15) is 0 Å². The van der Waals surface area contributed by atoms with Crippen molar-refractivity contribution in [1.82, 2.24) is 24.8 Å². The van der Waals surface area contributed by atoms with Crippen LogP contribution in [-0.4, -0.2) is 32.0 Å². The van der Waals surface area contributed by atoms with E-state index < -0.39 is 5.54 Å². The van der Waals surface area contributed by atoms with E-state index in [1.165, 1.54) is 11.3 Å². The molecule has 4 rings (SSSR count). The maximum atomic E-state index is 13.2. The minimum absolute atomic E-state index is 0.110. The lowest BCUT2D eigenvalue weighted by Gasteiger charge is -2.31. The lowest BCUT2D eigenvalue weighted by Crippen LogP contribution is -2.48. The van der Waals surface area contributed by atoms with Crippen LogP contribution in [0, 0.1) is 0 Å². The molecule has 8 heteroatoms. The van der Waals surface area contributed by atoms with E-state index in [-0.39, 0.29) is 17.6 Å². The molecular formula is C22H27N5O2S. The van der Waals surface area contributed by atoms with Gasteiger partial charge in [0.2, 0.25) is 0 Å². The molecule has 0 aliphatic carbocycles. The molecule has 30 heavy (non-hydrogen) atoms. The van der Waals surface area contributed by atoms with Crippen LogP contribution in [0.1, 0.15) is 56.1 Å². The third kappa shape index (κ3) is 3.60. The molecule has 3 aromatic rings. The van der Waals surface area contributed by atoms with E-state index in [2.05, 4.69) is 15.3 Å². The Hall–Kier alpha value is -2.74. The average Bonchev–Trinajstić information content (AvgIpc) is 3.38. The number of rotatable bonds is 4. The van der Waals surface area contributed by atoms with Crippen LogP contribution in [0.3, 0.4) is 0 Å². The average molecular weight is 426 g/mol. The number of benzene rings is 1. The Kier molecular flexibility index (Phi) is 5.36. The first-order chi connectivity index (χ1) is 14.3. The third-order valence-electron chi connectivity index (χ3n) is 5.78. The number of urea groups is 1. The van der Waals surface area contributed by atoms with E-state index in [4.69, 9.17) is 0 Å². The molecule has 3 heterocycles. The largest absolute Gasteiger partial charge is 0.329 e. The second-order valence-corrected chi connectivity index (χ2v) is 9.23. The number of carbonyl (C=O) groups excluding carboxylic acids is 1. The highest BCUT2D eigenvalue weighted by Crippen LogP contribution is 2.36. The molecule has 0 saturated carbocycles. The number of amides is 2. The molecule has 7 nitrogen and oxygen atoms in total. The fraction of sp³-hybridized carbons (Fsp3) is 0.455. The Morgan fingerprint density at radius 2 is 2.00 bits per heavy atom. The van der Waals surface area contributed by atoms with Gasteiger partial charge in [0, 0.05) is 20.0 Å². The quantitative estimate of drug-likeness (QED) is 0.691. The van der Waals surface area contributed by atoms with Crippen LogP contribution in [0.4, 0.5) is 4.79 Å². The van der Waals surface area contributed by atoms with Gasteiger partial charge >= 0.3 is 6.03 Å². The van der Waals surface area contributed by atoms with Crippen molar-refractivity contribution in [3.05, 3.63) is 57.1 Å². The zero-order valence-electron chi connectivity index (χ0n) is 17.8. The lowest BCUT2D eigenvalue weighted by atomic mass is 9.94. The molecule has 1 saturated heterocycles. The first kappa shape index (κ1) is 20.5. The summed E-state index contributed by atoms with van der Waals surface area (Å²) in [6, 6.07) is 9.70. The van der Waals surface area contributed by atoms with Gasteiger partial charge in [0.15, 0.2) is 10.3 Å². The number of hydrogen-bond acceptors (Lipinski definition) is 5. The second kappa shape index (κ2) is 7.83. The molecule has 1 N–H and O–H groups in total. The van der Waals surface area contributed by atoms with Gasteiger partial charge in [-0.3, -0.25) is 9.36 Å². The van der Waals surface area contributed by atoms with Crippen LogP contribution >= 0.6 is 11.3 Å². The lowest BCUT2D eigenvalue weighted by molar-refractivity contribution is 0.182. The van der Waals surface area contributed by atoms with Crippen molar-refractivity contribution in [2.75, 3.05) is 6.54 Å². The maximum absolute atomic E-state index is 13.2. The topological polar surface area (TPSA) is 80.1 Å². The summed E-state index contributed by atoms with van der Waals surface area (Å²) >= 11 is 1.43. The molecular weight excluding hydrogens is 398 g/mol. The van der Waals surface area contributed by atoms with E-state index >= 15 is 0 Å². The Balaban J connectivity index is 1.61. The number of nitrogens with one attached hydrogen (secondary N) is 1. The number of aromatic nitrogens is 3. The van der Waals surface area contributed by atoms with E-state index in [1.54, 1.807) is 11.6 Å². The molecule has 2 amide bonds. The van der Waals surface area contributed by atoms with Crippen LogP contribution < -0.4 is 10.9 Å². The number of nitrogens with zero attached hydrogens (tertiary/aromatic N) is 4. The highest BCUT2D eigenvalue weighted by molar-refractivity contribution is 7.18.